The van der Waals surface area contributed by atoms with E-state index in [1.54, 1.807) is 0 Å². The molecule has 0 aliphatic rings. The molecule has 0 spiro atoms. The third-order valence-electron chi connectivity index (χ3n) is 4.40. The van der Waals surface area contributed by atoms with Gasteiger partial charge in [0.1, 0.15) is 5.75 Å². The van der Waals surface area contributed by atoms with E-state index in [0.29, 0.717) is 10.0 Å². The Morgan fingerprint density at radius 1 is 1.12 bits per heavy atom. The van der Waals surface area contributed by atoms with Crippen LogP contribution in [0, 0.1) is 0 Å². The first kappa shape index (κ1) is 28.0. The number of hydrogen-bond acceptors (Lipinski definition) is 5. The standard InChI is InChI=1S/C19H17BrCl3F3N2O4S/c1-33(31,32)8-16(29)27-7-10-2-3-12(6-13(10)20)28-9-18(30,19(24,25)26)11-4-14(21)17(23)15(22)5-11/h2-6,28,30H,7-9H2,1H3,(H,27,29)/t18-/m1/s1. The quantitative estimate of drug-likeness (QED) is 0.368. The van der Waals surface area contributed by atoms with E-state index in [-0.39, 0.29) is 27.3 Å². The fourth-order valence-corrected chi connectivity index (χ4v) is 4.37. The number of carbonyl (C=O) groups excluding carboxylic acids is 1. The van der Waals surface area contributed by atoms with Crippen molar-refractivity contribution in [3.8, 4) is 0 Å². The summed E-state index contributed by atoms with van der Waals surface area (Å²) >= 11 is 20.7. The third kappa shape index (κ3) is 7.37. The lowest BCUT2D eigenvalue weighted by Crippen LogP contribution is -2.47. The van der Waals surface area contributed by atoms with Gasteiger partial charge in [0.15, 0.2) is 9.84 Å². The molecule has 182 valence electrons. The van der Waals surface area contributed by atoms with Crippen molar-refractivity contribution in [3.63, 3.8) is 0 Å². The topological polar surface area (TPSA) is 95.5 Å². The predicted octanol–water partition coefficient (Wildman–Crippen LogP) is 4.93. The van der Waals surface area contributed by atoms with Gasteiger partial charge in [0.25, 0.3) is 0 Å². The Morgan fingerprint density at radius 2 is 1.70 bits per heavy atom. The van der Waals surface area contributed by atoms with Crippen LogP contribution in [0.2, 0.25) is 15.1 Å². The minimum Gasteiger partial charge on any atom is -0.381 e. The van der Waals surface area contributed by atoms with Crippen molar-refractivity contribution in [1.82, 2.24) is 5.32 Å². The fourth-order valence-electron chi connectivity index (χ4n) is 2.67. The number of alkyl halides is 3. The van der Waals surface area contributed by atoms with Crippen molar-refractivity contribution >= 4 is 72.2 Å². The number of halogens is 7. The number of aliphatic hydroxyl groups is 1. The number of sulfone groups is 1. The van der Waals surface area contributed by atoms with E-state index in [9.17, 15) is 31.5 Å². The largest absolute Gasteiger partial charge is 0.423 e. The Hall–Kier alpha value is -1.24. The summed E-state index contributed by atoms with van der Waals surface area (Å²) in [5.41, 5.74) is -3.16. The minimum absolute atomic E-state index is 0.0104. The fraction of sp³-hybridized carbons (Fsp3) is 0.316. The number of rotatable bonds is 8. The molecule has 2 aromatic rings. The highest BCUT2D eigenvalue weighted by Crippen LogP contribution is 2.43. The van der Waals surface area contributed by atoms with Crippen LogP contribution in [0.4, 0.5) is 18.9 Å². The zero-order valence-corrected chi connectivity index (χ0v) is 21.4. The number of hydrogen-bond donors (Lipinski definition) is 3. The summed E-state index contributed by atoms with van der Waals surface area (Å²) in [4.78, 5) is 11.6. The summed E-state index contributed by atoms with van der Waals surface area (Å²) in [6, 6.07) is 6.17. The number of nitrogens with one attached hydrogen (secondary N) is 2. The smallest absolute Gasteiger partial charge is 0.381 e. The number of amides is 1. The molecule has 0 saturated carbocycles. The molecule has 1 atom stereocenters. The second kappa shape index (κ2) is 10.6. The SMILES string of the molecule is CS(=O)(=O)CC(=O)NCc1ccc(NC[C@@](O)(c2cc(Cl)c(Cl)c(Cl)c2)C(F)(F)F)cc1Br. The van der Waals surface area contributed by atoms with Gasteiger partial charge < -0.3 is 15.7 Å². The molecule has 0 heterocycles. The van der Waals surface area contributed by atoms with E-state index < -0.39 is 45.4 Å². The predicted molar refractivity (Wildman–Crippen MR) is 126 cm³/mol. The zero-order chi connectivity index (χ0) is 25.2. The van der Waals surface area contributed by atoms with Crippen LogP contribution in [0.15, 0.2) is 34.8 Å². The molecular formula is C19H17BrCl3F3N2O4S. The summed E-state index contributed by atoms with van der Waals surface area (Å²) in [6.07, 6.45) is -4.15. The molecule has 2 aromatic carbocycles. The molecule has 1 amide bonds. The first-order valence-electron chi connectivity index (χ1n) is 8.94. The van der Waals surface area contributed by atoms with Crippen molar-refractivity contribution in [3.05, 3.63) is 61.0 Å². The van der Waals surface area contributed by atoms with Crippen molar-refractivity contribution in [2.45, 2.75) is 18.3 Å². The Balaban J connectivity index is 2.19. The molecule has 0 aromatic heterocycles. The summed E-state index contributed by atoms with van der Waals surface area (Å²) in [7, 11) is -3.48. The second-order valence-electron chi connectivity index (χ2n) is 7.12. The highest BCUT2D eigenvalue weighted by Gasteiger charge is 2.55. The Labute approximate surface area is 211 Å². The number of anilines is 1. The van der Waals surface area contributed by atoms with Crippen LogP contribution in [0.3, 0.4) is 0 Å². The third-order valence-corrected chi connectivity index (χ3v) is 7.12. The summed E-state index contributed by atoms with van der Waals surface area (Å²) in [5, 5.41) is 14.9. The zero-order valence-electron chi connectivity index (χ0n) is 16.7. The molecule has 0 fully saturated rings. The first-order valence-corrected chi connectivity index (χ1v) is 12.9. The van der Waals surface area contributed by atoms with Crippen LogP contribution in [-0.2, 0) is 26.8 Å². The molecule has 0 aliphatic carbocycles. The molecule has 33 heavy (non-hydrogen) atoms. The van der Waals surface area contributed by atoms with E-state index in [2.05, 4.69) is 26.6 Å². The van der Waals surface area contributed by atoms with Crippen LogP contribution < -0.4 is 10.6 Å². The van der Waals surface area contributed by atoms with E-state index in [0.717, 1.165) is 18.4 Å². The number of carbonyl (C=O) groups is 1. The van der Waals surface area contributed by atoms with Gasteiger partial charge in [0.2, 0.25) is 11.5 Å². The van der Waals surface area contributed by atoms with Gasteiger partial charge in [-0.3, -0.25) is 4.79 Å². The van der Waals surface area contributed by atoms with E-state index in [1.165, 1.54) is 18.2 Å². The highest BCUT2D eigenvalue weighted by molar-refractivity contribution is 9.10. The normalized spacial score (nSPS) is 14.0. The van der Waals surface area contributed by atoms with Gasteiger partial charge in [-0.05, 0) is 35.4 Å². The minimum atomic E-state index is -5.08. The van der Waals surface area contributed by atoms with Gasteiger partial charge >= 0.3 is 6.18 Å². The molecule has 2 rings (SSSR count). The van der Waals surface area contributed by atoms with E-state index in [4.69, 9.17) is 34.8 Å². The summed E-state index contributed by atoms with van der Waals surface area (Å²) in [6.45, 7) is -0.981. The molecule has 6 nitrogen and oxygen atoms in total. The van der Waals surface area contributed by atoms with Gasteiger partial charge in [0, 0.05) is 23.0 Å². The molecule has 0 saturated heterocycles. The maximum Gasteiger partial charge on any atom is 0.423 e. The summed E-state index contributed by atoms with van der Waals surface area (Å²) < 4.78 is 64.1. The molecule has 14 heteroatoms. The van der Waals surface area contributed by atoms with Crippen molar-refractivity contribution in [2.75, 3.05) is 23.9 Å². The molecule has 0 aliphatic heterocycles. The molecular weight excluding hydrogens is 596 g/mol. The lowest BCUT2D eigenvalue weighted by atomic mass is 9.92. The Kier molecular flexibility index (Phi) is 8.97. The monoisotopic (exact) mass is 610 g/mol. The summed E-state index contributed by atoms with van der Waals surface area (Å²) in [5.74, 6) is -1.36. The average Bonchev–Trinajstić information content (AvgIpc) is 2.66. The van der Waals surface area contributed by atoms with Gasteiger partial charge in [-0.25, -0.2) is 8.42 Å². The van der Waals surface area contributed by atoms with Gasteiger partial charge in [0.05, 0.1) is 21.6 Å². The van der Waals surface area contributed by atoms with E-state index in [1.807, 2.05) is 0 Å². The van der Waals surface area contributed by atoms with Gasteiger partial charge in [-0.1, -0.05) is 56.8 Å². The van der Waals surface area contributed by atoms with Crippen LogP contribution in [0.5, 0.6) is 0 Å². The first-order chi connectivity index (χ1) is 15.0. The Bertz CT molecular complexity index is 1140. The maximum atomic E-state index is 13.8. The van der Waals surface area contributed by atoms with Crippen molar-refractivity contribution in [1.29, 1.82) is 0 Å². The molecule has 0 bridgehead atoms. The number of benzene rings is 2. The van der Waals surface area contributed by atoms with E-state index >= 15 is 0 Å². The molecule has 3 N–H and O–H groups in total. The highest BCUT2D eigenvalue weighted by atomic mass is 79.9. The van der Waals surface area contributed by atoms with Crippen LogP contribution >= 0.6 is 50.7 Å². The van der Waals surface area contributed by atoms with Crippen molar-refractivity contribution in [2.24, 2.45) is 0 Å². The van der Waals surface area contributed by atoms with Crippen LogP contribution in [-0.4, -0.2) is 44.2 Å². The maximum absolute atomic E-state index is 13.8. The lowest BCUT2D eigenvalue weighted by Gasteiger charge is -2.32. The average molecular weight is 613 g/mol. The van der Waals surface area contributed by atoms with Crippen LogP contribution in [0.1, 0.15) is 11.1 Å². The van der Waals surface area contributed by atoms with Gasteiger partial charge in [-0.15, -0.1) is 0 Å². The molecule has 0 unspecified atom stereocenters. The van der Waals surface area contributed by atoms with Crippen LogP contribution in [0.25, 0.3) is 0 Å². The van der Waals surface area contributed by atoms with Crippen molar-refractivity contribution < 1.29 is 31.5 Å². The second-order valence-corrected chi connectivity index (χ2v) is 11.3. The molecule has 0 radical (unpaired) electrons. The lowest BCUT2D eigenvalue weighted by molar-refractivity contribution is -0.260. The Morgan fingerprint density at radius 3 is 2.18 bits per heavy atom. The van der Waals surface area contributed by atoms with Gasteiger partial charge in [-0.2, -0.15) is 13.2 Å².